The minimum absolute atomic E-state index is 0. The van der Waals surface area contributed by atoms with Crippen molar-refractivity contribution >= 4 is 43.2 Å². The van der Waals surface area contributed by atoms with E-state index in [2.05, 4.69) is 0 Å². The molecule has 0 aliphatic heterocycles. The Bertz CT molecular complexity index is 61.0. The molecule has 3 N–H and O–H groups in total. The zero-order valence-corrected chi connectivity index (χ0v) is 7.02. The highest BCUT2D eigenvalue weighted by molar-refractivity contribution is 5.86. The molecule has 0 unspecified atom stereocenters. The molecule has 0 atom stereocenters. The number of hydrogen-bond acceptors (Lipinski definition) is 2. The number of nitrogens with two attached hydrogens (primary N) is 1. The summed E-state index contributed by atoms with van der Waals surface area (Å²) in [6, 6.07) is 0. The van der Waals surface area contributed by atoms with Crippen molar-refractivity contribution in [3.63, 3.8) is 0 Å². The lowest BCUT2D eigenvalue weighted by molar-refractivity contribution is -0.136. The van der Waals surface area contributed by atoms with Gasteiger partial charge in [0.2, 0.25) is 0 Å². The summed E-state index contributed by atoms with van der Waals surface area (Å²) in [5.41, 5.74) is 4.85. The Morgan fingerprint density at radius 3 is 1.67 bits per heavy atom. The fourth-order valence-electron chi connectivity index (χ4n) is 0.123. The van der Waals surface area contributed by atoms with Crippen LogP contribution in [-0.4, -0.2) is 17.6 Å². The van der Waals surface area contributed by atoms with Crippen LogP contribution in [0.15, 0.2) is 0 Å². The lowest BCUT2D eigenvalue weighted by atomic mass is 10.5. The maximum Gasteiger partial charge on any atom is 0.304 e. The SMILES string of the molecule is Cl.Cl.Cl.NCCC(=O)O. The van der Waals surface area contributed by atoms with E-state index >= 15 is 0 Å². The van der Waals surface area contributed by atoms with Crippen LogP contribution in [0.25, 0.3) is 0 Å². The third kappa shape index (κ3) is 30.3. The van der Waals surface area contributed by atoms with Gasteiger partial charge in [-0.05, 0) is 0 Å². The number of carbonyl (C=O) groups is 1. The zero-order chi connectivity index (χ0) is 4.99. The number of carboxylic acids is 1. The molecule has 6 heteroatoms. The molecule has 0 aliphatic rings. The fourth-order valence-corrected chi connectivity index (χ4v) is 0.123. The summed E-state index contributed by atoms with van der Waals surface area (Å²) in [5, 5.41) is 7.83. The predicted octanol–water partition coefficient (Wildman–Crippen LogP) is 0.685. The van der Waals surface area contributed by atoms with Gasteiger partial charge < -0.3 is 10.8 Å². The number of hydrogen-bond donors (Lipinski definition) is 2. The van der Waals surface area contributed by atoms with Crippen molar-refractivity contribution in [3.05, 3.63) is 0 Å². The van der Waals surface area contributed by atoms with E-state index in [1.54, 1.807) is 0 Å². The topological polar surface area (TPSA) is 63.3 Å². The first kappa shape index (κ1) is 22.8. The number of halogens is 3. The van der Waals surface area contributed by atoms with Crippen molar-refractivity contribution < 1.29 is 9.90 Å². The van der Waals surface area contributed by atoms with Gasteiger partial charge in [0.25, 0.3) is 0 Å². The molecule has 0 amide bonds. The van der Waals surface area contributed by atoms with Crippen molar-refractivity contribution in [3.8, 4) is 0 Å². The van der Waals surface area contributed by atoms with Gasteiger partial charge in [0.05, 0.1) is 6.42 Å². The van der Waals surface area contributed by atoms with Gasteiger partial charge >= 0.3 is 5.97 Å². The first-order valence-corrected chi connectivity index (χ1v) is 1.69. The molecule has 0 heterocycles. The van der Waals surface area contributed by atoms with Crippen LogP contribution in [0.3, 0.4) is 0 Å². The Labute approximate surface area is 72.2 Å². The van der Waals surface area contributed by atoms with Gasteiger partial charge in [-0.3, -0.25) is 4.79 Å². The van der Waals surface area contributed by atoms with Crippen molar-refractivity contribution in [1.82, 2.24) is 0 Å². The van der Waals surface area contributed by atoms with E-state index in [-0.39, 0.29) is 50.2 Å². The van der Waals surface area contributed by atoms with E-state index in [9.17, 15) is 4.79 Å². The Morgan fingerprint density at radius 1 is 1.33 bits per heavy atom. The van der Waals surface area contributed by atoms with E-state index in [4.69, 9.17) is 10.8 Å². The molecular formula is C3H10Cl3NO2. The Hall–Kier alpha value is 0.300. The minimum Gasteiger partial charge on any atom is -0.481 e. The molecule has 0 spiro atoms. The second-order valence-electron chi connectivity index (χ2n) is 0.932. The van der Waals surface area contributed by atoms with Gasteiger partial charge in [0.15, 0.2) is 0 Å². The third-order valence-corrected chi connectivity index (χ3v) is 0.358. The minimum atomic E-state index is -0.836. The highest BCUT2D eigenvalue weighted by Gasteiger charge is 1.87. The van der Waals surface area contributed by atoms with Gasteiger partial charge in [0, 0.05) is 6.54 Å². The monoisotopic (exact) mass is 197 g/mol. The van der Waals surface area contributed by atoms with Crippen LogP contribution in [-0.2, 0) is 4.79 Å². The molecular weight excluding hydrogens is 188 g/mol. The zero-order valence-electron chi connectivity index (χ0n) is 4.57. The second-order valence-corrected chi connectivity index (χ2v) is 0.932. The highest BCUT2D eigenvalue weighted by Crippen LogP contribution is 1.67. The van der Waals surface area contributed by atoms with Gasteiger partial charge in [-0.25, -0.2) is 0 Å². The molecule has 0 aromatic carbocycles. The number of aliphatic carboxylic acids is 1. The maximum absolute atomic E-state index is 9.52. The van der Waals surface area contributed by atoms with Crippen molar-refractivity contribution in [2.24, 2.45) is 5.73 Å². The van der Waals surface area contributed by atoms with Crippen LogP contribution < -0.4 is 5.73 Å². The van der Waals surface area contributed by atoms with E-state index < -0.39 is 5.97 Å². The summed E-state index contributed by atoms with van der Waals surface area (Å²) >= 11 is 0. The molecule has 0 saturated heterocycles. The Balaban J connectivity index is -0.0000000417. The normalized spacial score (nSPS) is 5.44. The smallest absolute Gasteiger partial charge is 0.304 e. The van der Waals surface area contributed by atoms with Crippen molar-refractivity contribution in [2.45, 2.75) is 6.42 Å². The van der Waals surface area contributed by atoms with Crippen LogP contribution in [0.5, 0.6) is 0 Å². The first-order chi connectivity index (χ1) is 2.77. The standard InChI is InChI=1S/C3H7NO2.3ClH/c4-2-1-3(5)6;;;/h1-2,4H2,(H,5,6);3*1H. The molecule has 3 nitrogen and oxygen atoms in total. The van der Waals surface area contributed by atoms with Crippen LogP contribution >= 0.6 is 37.2 Å². The van der Waals surface area contributed by atoms with E-state index in [1.807, 2.05) is 0 Å². The molecule has 0 saturated carbocycles. The van der Waals surface area contributed by atoms with E-state index in [0.29, 0.717) is 0 Å². The van der Waals surface area contributed by atoms with Crippen LogP contribution in [0.2, 0.25) is 0 Å². The summed E-state index contributed by atoms with van der Waals surface area (Å²) < 4.78 is 0. The van der Waals surface area contributed by atoms with E-state index in [1.165, 1.54) is 0 Å². The summed E-state index contributed by atoms with van der Waals surface area (Å²) in [5.74, 6) is -0.836. The molecule has 0 aromatic rings. The molecule has 0 rings (SSSR count). The number of rotatable bonds is 2. The quantitative estimate of drug-likeness (QED) is 0.686. The molecule has 0 bridgehead atoms. The summed E-state index contributed by atoms with van der Waals surface area (Å²) in [6.45, 7) is 0.231. The highest BCUT2D eigenvalue weighted by atomic mass is 35.5. The molecule has 0 aromatic heterocycles. The summed E-state index contributed by atoms with van der Waals surface area (Å²) in [7, 11) is 0. The molecule has 0 radical (unpaired) electrons. The first-order valence-electron chi connectivity index (χ1n) is 1.69. The summed E-state index contributed by atoms with van der Waals surface area (Å²) in [4.78, 5) is 9.52. The average molecular weight is 198 g/mol. The van der Waals surface area contributed by atoms with Crippen molar-refractivity contribution in [2.75, 3.05) is 6.54 Å². The number of carboxylic acid groups (broad SMARTS) is 1. The van der Waals surface area contributed by atoms with Crippen LogP contribution in [0, 0.1) is 0 Å². The van der Waals surface area contributed by atoms with Crippen LogP contribution in [0.4, 0.5) is 0 Å². The largest absolute Gasteiger partial charge is 0.481 e. The molecule has 0 aliphatic carbocycles. The molecule has 0 fully saturated rings. The fraction of sp³-hybridized carbons (Fsp3) is 0.667. The summed E-state index contributed by atoms with van der Waals surface area (Å²) in [6.07, 6.45) is 0.0694. The second kappa shape index (κ2) is 15.7. The van der Waals surface area contributed by atoms with Gasteiger partial charge in [-0.1, -0.05) is 0 Å². The Morgan fingerprint density at radius 2 is 1.67 bits per heavy atom. The lowest BCUT2D eigenvalue weighted by Gasteiger charge is -1.80. The van der Waals surface area contributed by atoms with Crippen molar-refractivity contribution in [1.29, 1.82) is 0 Å². The average Bonchev–Trinajstić information content (AvgIpc) is 1.35. The molecule has 60 valence electrons. The third-order valence-electron chi connectivity index (χ3n) is 0.358. The van der Waals surface area contributed by atoms with Gasteiger partial charge in [0.1, 0.15) is 0 Å². The van der Waals surface area contributed by atoms with Gasteiger partial charge in [-0.15, -0.1) is 37.2 Å². The maximum atomic E-state index is 9.52. The van der Waals surface area contributed by atoms with E-state index in [0.717, 1.165) is 0 Å². The predicted molar refractivity (Wildman–Crippen MR) is 43.1 cm³/mol. The van der Waals surface area contributed by atoms with Crippen LogP contribution in [0.1, 0.15) is 6.42 Å². The molecule has 9 heavy (non-hydrogen) atoms. The van der Waals surface area contributed by atoms with Gasteiger partial charge in [-0.2, -0.15) is 0 Å². The Kier molecular flexibility index (Phi) is 39.9. The lowest BCUT2D eigenvalue weighted by Crippen LogP contribution is -2.05.